The highest BCUT2D eigenvalue weighted by Crippen LogP contribution is 2.19. The number of carbonyl (C=O) groups excluding carboxylic acids is 1. The molecule has 4 heteroatoms. The quantitative estimate of drug-likeness (QED) is 0.811. The lowest BCUT2D eigenvalue weighted by Gasteiger charge is -2.23. The summed E-state index contributed by atoms with van der Waals surface area (Å²) in [6, 6.07) is 11.8. The molecule has 0 spiro atoms. The van der Waals surface area contributed by atoms with Gasteiger partial charge in [0.05, 0.1) is 11.9 Å². The van der Waals surface area contributed by atoms with E-state index in [4.69, 9.17) is 0 Å². The molecule has 0 saturated heterocycles. The highest BCUT2D eigenvalue weighted by atomic mass is 16.2. The smallest absolute Gasteiger partial charge is 0.276 e. The number of aryl methyl sites for hydroxylation is 1. The molecule has 0 aliphatic carbocycles. The van der Waals surface area contributed by atoms with E-state index in [1.807, 2.05) is 50.2 Å². The van der Waals surface area contributed by atoms with Crippen molar-refractivity contribution in [3.8, 4) is 0 Å². The number of amides is 1. The lowest BCUT2D eigenvalue weighted by atomic mass is 10.2. The van der Waals surface area contributed by atoms with Gasteiger partial charge >= 0.3 is 0 Å². The zero-order valence-electron chi connectivity index (χ0n) is 14.4. The van der Waals surface area contributed by atoms with Crippen LogP contribution in [-0.4, -0.2) is 30.5 Å². The molecule has 0 radical (unpaired) electrons. The van der Waals surface area contributed by atoms with Gasteiger partial charge in [0.1, 0.15) is 5.69 Å². The van der Waals surface area contributed by atoms with Gasteiger partial charge in [-0.25, -0.2) is 4.98 Å². The van der Waals surface area contributed by atoms with Crippen LogP contribution in [0.15, 0.2) is 42.6 Å². The monoisotopic (exact) mass is 311 g/mol. The van der Waals surface area contributed by atoms with Crippen molar-refractivity contribution in [3.63, 3.8) is 0 Å². The maximum atomic E-state index is 12.8. The normalized spacial score (nSPS) is 10.4. The summed E-state index contributed by atoms with van der Waals surface area (Å²) < 4.78 is 0. The van der Waals surface area contributed by atoms with Gasteiger partial charge < -0.3 is 9.80 Å². The van der Waals surface area contributed by atoms with E-state index in [-0.39, 0.29) is 5.91 Å². The second-order valence-electron chi connectivity index (χ2n) is 5.46. The third-order valence-electron chi connectivity index (χ3n) is 3.97. The first-order valence-corrected chi connectivity index (χ1v) is 8.20. The minimum absolute atomic E-state index is 0.0656. The largest absolute Gasteiger partial charge is 0.371 e. The lowest BCUT2D eigenvalue weighted by Crippen LogP contribution is -2.31. The molecule has 2 aromatic rings. The summed E-state index contributed by atoms with van der Waals surface area (Å²) in [5.41, 5.74) is 3.57. The molecule has 1 amide bonds. The Morgan fingerprint density at radius 3 is 2.26 bits per heavy atom. The Kier molecular flexibility index (Phi) is 5.74. The van der Waals surface area contributed by atoms with E-state index < -0.39 is 0 Å². The van der Waals surface area contributed by atoms with Gasteiger partial charge in [-0.05, 0) is 57.5 Å². The summed E-state index contributed by atoms with van der Waals surface area (Å²) >= 11 is 0. The molecule has 1 heterocycles. The Bertz CT molecular complexity index is 648. The van der Waals surface area contributed by atoms with Crippen LogP contribution in [0.1, 0.15) is 36.8 Å². The number of rotatable bonds is 6. The summed E-state index contributed by atoms with van der Waals surface area (Å²) in [6.45, 7) is 10.7. The first kappa shape index (κ1) is 17.0. The third kappa shape index (κ3) is 3.89. The van der Waals surface area contributed by atoms with E-state index in [2.05, 4.69) is 23.7 Å². The van der Waals surface area contributed by atoms with Crippen LogP contribution in [0.25, 0.3) is 0 Å². The maximum Gasteiger partial charge on any atom is 0.276 e. The molecule has 2 rings (SSSR count). The Morgan fingerprint density at radius 2 is 1.74 bits per heavy atom. The van der Waals surface area contributed by atoms with Crippen molar-refractivity contribution < 1.29 is 4.79 Å². The van der Waals surface area contributed by atoms with Crippen molar-refractivity contribution in [2.75, 3.05) is 29.4 Å². The fourth-order valence-corrected chi connectivity index (χ4v) is 2.67. The molecular weight excluding hydrogens is 286 g/mol. The van der Waals surface area contributed by atoms with Crippen LogP contribution in [0, 0.1) is 6.92 Å². The molecule has 0 fully saturated rings. The van der Waals surface area contributed by atoms with Gasteiger partial charge in [0.2, 0.25) is 0 Å². The Labute approximate surface area is 138 Å². The molecular formula is C19H25N3O. The van der Waals surface area contributed by atoms with Crippen LogP contribution in [0.4, 0.5) is 11.4 Å². The van der Waals surface area contributed by atoms with E-state index in [0.29, 0.717) is 12.2 Å². The molecule has 23 heavy (non-hydrogen) atoms. The van der Waals surface area contributed by atoms with Gasteiger partial charge in [-0.15, -0.1) is 0 Å². The highest BCUT2D eigenvalue weighted by molar-refractivity contribution is 6.04. The number of nitrogens with zero attached hydrogens (tertiary/aromatic N) is 3. The zero-order chi connectivity index (χ0) is 16.8. The molecule has 0 atom stereocenters. The molecule has 0 N–H and O–H groups in total. The first-order valence-electron chi connectivity index (χ1n) is 8.20. The minimum Gasteiger partial charge on any atom is -0.371 e. The molecule has 1 aromatic heterocycles. The maximum absolute atomic E-state index is 12.8. The fraction of sp³-hybridized carbons (Fsp3) is 0.368. The summed E-state index contributed by atoms with van der Waals surface area (Å²) in [7, 11) is 0. The van der Waals surface area contributed by atoms with Crippen LogP contribution in [0.3, 0.4) is 0 Å². The summed E-state index contributed by atoms with van der Waals surface area (Å²) in [6.07, 6.45) is 1.78. The van der Waals surface area contributed by atoms with Crippen molar-refractivity contribution in [2.45, 2.75) is 27.7 Å². The molecule has 0 bridgehead atoms. The SMILES string of the molecule is CCN(CC)c1ccc(C(=O)N(CC)c2cccc(C)c2)nc1. The van der Waals surface area contributed by atoms with Crippen molar-refractivity contribution in [3.05, 3.63) is 53.9 Å². The Morgan fingerprint density at radius 1 is 1.00 bits per heavy atom. The van der Waals surface area contributed by atoms with Crippen LogP contribution in [0.5, 0.6) is 0 Å². The molecule has 0 unspecified atom stereocenters. The van der Waals surface area contributed by atoms with Crippen LogP contribution >= 0.6 is 0 Å². The number of hydrogen-bond donors (Lipinski definition) is 0. The van der Waals surface area contributed by atoms with E-state index in [9.17, 15) is 4.79 Å². The molecule has 0 aliphatic heterocycles. The van der Waals surface area contributed by atoms with Gasteiger partial charge in [0.15, 0.2) is 0 Å². The van der Waals surface area contributed by atoms with Crippen molar-refractivity contribution in [2.24, 2.45) is 0 Å². The molecule has 0 saturated carbocycles. The zero-order valence-corrected chi connectivity index (χ0v) is 14.4. The number of pyridine rings is 1. The Hall–Kier alpha value is -2.36. The van der Waals surface area contributed by atoms with Crippen LogP contribution < -0.4 is 9.80 Å². The lowest BCUT2D eigenvalue weighted by molar-refractivity contribution is 0.0983. The van der Waals surface area contributed by atoms with Gasteiger partial charge in [0.25, 0.3) is 5.91 Å². The van der Waals surface area contributed by atoms with Crippen LogP contribution in [-0.2, 0) is 0 Å². The van der Waals surface area contributed by atoms with Crippen molar-refractivity contribution in [1.82, 2.24) is 4.98 Å². The van der Waals surface area contributed by atoms with E-state index in [0.717, 1.165) is 30.0 Å². The van der Waals surface area contributed by atoms with E-state index in [1.54, 1.807) is 11.1 Å². The standard InChI is InChI=1S/C19H25N3O/c1-5-21(6-2)17-11-12-18(20-14-17)19(23)22(7-3)16-10-8-9-15(4)13-16/h8-14H,5-7H2,1-4H3. The third-order valence-corrected chi connectivity index (χ3v) is 3.97. The average Bonchev–Trinajstić information content (AvgIpc) is 2.57. The number of carbonyl (C=O) groups is 1. The summed E-state index contributed by atoms with van der Waals surface area (Å²) in [4.78, 5) is 21.1. The topological polar surface area (TPSA) is 36.4 Å². The molecule has 122 valence electrons. The Balaban J connectivity index is 2.24. The number of anilines is 2. The van der Waals surface area contributed by atoms with Gasteiger partial charge in [-0.1, -0.05) is 12.1 Å². The van der Waals surface area contributed by atoms with Gasteiger partial charge in [-0.3, -0.25) is 4.79 Å². The minimum atomic E-state index is -0.0656. The van der Waals surface area contributed by atoms with Crippen LogP contribution in [0.2, 0.25) is 0 Å². The second kappa shape index (κ2) is 7.77. The number of hydrogen-bond acceptors (Lipinski definition) is 3. The highest BCUT2D eigenvalue weighted by Gasteiger charge is 2.17. The fourth-order valence-electron chi connectivity index (χ4n) is 2.67. The molecule has 4 nitrogen and oxygen atoms in total. The predicted molar refractivity (Wildman–Crippen MR) is 96.3 cm³/mol. The number of benzene rings is 1. The van der Waals surface area contributed by atoms with E-state index >= 15 is 0 Å². The second-order valence-corrected chi connectivity index (χ2v) is 5.46. The number of aromatic nitrogens is 1. The van der Waals surface area contributed by atoms with Gasteiger partial charge in [-0.2, -0.15) is 0 Å². The van der Waals surface area contributed by atoms with Crippen molar-refractivity contribution in [1.29, 1.82) is 0 Å². The summed E-state index contributed by atoms with van der Waals surface area (Å²) in [5.74, 6) is -0.0656. The summed E-state index contributed by atoms with van der Waals surface area (Å²) in [5, 5.41) is 0. The van der Waals surface area contributed by atoms with E-state index in [1.165, 1.54) is 0 Å². The predicted octanol–water partition coefficient (Wildman–Crippen LogP) is 3.90. The molecule has 0 aliphatic rings. The van der Waals surface area contributed by atoms with Gasteiger partial charge in [0, 0.05) is 25.3 Å². The first-order chi connectivity index (χ1) is 11.1. The average molecular weight is 311 g/mol. The van der Waals surface area contributed by atoms with Crippen molar-refractivity contribution >= 4 is 17.3 Å². The molecule has 1 aromatic carbocycles.